The highest BCUT2D eigenvalue weighted by Crippen LogP contribution is 2.41. The van der Waals surface area contributed by atoms with E-state index in [1.54, 1.807) is 18.3 Å². The molecule has 2 aromatic rings. The van der Waals surface area contributed by atoms with Gasteiger partial charge >= 0.3 is 5.97 Å². The molecule has 2 aliphatic heterocycles. The molecular formula is C17H15N5O6S2. The van der Waals surface area contributed by atoms with Gasteiger partial charge < -0.3 is 19.4 Å². The molecule has 1 fully saturated rings. The number of amides is 2. The minimum absolute atomic E-state index is 0.0742. The highest BCUT2D eigenvalue weighted by Gasteiger charge is 2.54. The number of aliphatic carboxylic acids is 1. The van der Waals surface area contributed by atoms with Crippen LogP contribution in [0.1, 0.15) is 10.5 Å². The molecule has 2 unspecified atom stereocenters. The summed E-state index contributed by atoms with van der Waals surface area (Å²) in [6, 6.07) is 2.39. The molecule has 2 aliphatic rings. The molecule has 11 nitrogen and oxygen atoms in total. The first-order valence-electron chi connectivity index (χ1n) is 8.68. The van der Waals surface area contributed by atoms with Gasteiger partial charge in [0.2, 0.25) is 12.3 Å². The highest BCUT2D eigenvalue weighted by molar-refractivity contribution is 8.01. The quantitative estimate of drug-likeness (QED) is 0.326. The number of thioether (sulfide) groups is 2. The third-order valence-electron chi connectivity index (χ3n) is 4.58. The van der Waals surface area contributed by atoms with E-state index < -0.39 is 29.2 Å². The Labute approximate surface area is 177 Å². The minimum atomic E-state index is -1.21. The van der Waals surface area contributed by atoms with Gasteiger partial charge in [0.1, 0.15) is 23.7 Å². The number of fused-ring (bicyclic) bond motifs is 1. The van der Waals surface area contributed by atoms with Crippen LogP contribution >= 0.6 is 23.5 Å². The van der Waals surface area contributed by atoms with Gasteiger partial charge in [0, 0.05) is 17.7 Å². The second kappa shape index (κ2) is 8.36. The van der Waals surface area contributed by atoms with Gasteiger partial charge in [-0.05, 0) is 17.7 Å². The van der Waals surface area contributed by atoms with E-state index in [0.717, 1.165) is 0 Å². The lowest BCUT2D eigenvalue weighted by Crippen LogP contribution is -2.70. The van der Waals surface area contributed by atoms with Crippen molar-refractivity contribution < 1.29 is 28.7 Å². The number of rotatable bonds is 8. The normalized spacial score (nSPS) is 20.5. The average Bonchev–Trinajstić information content (AvgIpc) is 3.41. The van der Waals surface area contributed by atoms with Crippen molar-refractivity contribution in [3.05, 3.63) is 41.7 Å². The Morgan fingerprint density at radius 3 is 3.00 bits per heavy atom. The topological polar surface area (TPSA) is 148 Å². The summed E-state index contributed by atoms with van der Waals surface area (Å²) in [5.41, 5.74) is 0.834. The molecule has 0 bridgehead atoms. The van der Waals surface area contributed by atoms with Gasteiger partial charge in [-0.15, -0.1) is 22.0 Å². The Hall–Kier alpha value is -3.06. The highest BCUT2D eigenvalue weighted by atomic mass is 32.2. The molecule has 13 heteroatoms. The van der Waals surface area contributed by atoms with Crippen LogP contribution in [0, 0.1) is 0 Å². The molecule has 2 atom stereocenters. The molecule has 156 valence electrons. The molecule has 30 heavy (non-hydrogen) atoms. The SMILES string of the molecule is O=Cc1cccn1CC(=O)NC1C(=O)N2C(C(=O)O)=C(CSc3nnco3)CSC12. The zero-order valence-electron chi connectivity index (χ0n) is 15.3. The largest absolute Gasteiger partial charge is 0.477 e. The van der Waals surface area contributed by atoms with Crippen molar-refractivity contribution in [1.29, 1.82) is 0 Å². The zero-order chi connectivity index (χ0) is 21.3. The lowest BCUT2D eigenvalue weighted by Gasteiger charge is -2.49. The zero-order valence-corrected chi connectivity index (χ0v) is 16.9. The number of hydrogen-bond donors (Lipinski definition) is 2. The van der Waals surface area contributed by atoms with Crippen LogP contribution in [-0.4, -0.2) is 71.8 Å². The van der Waals surface area contributed by atoms with Crippen molar-refractivity contribution in [3.63, 3.8) is 0 Å². The van der Waals surface area contributed by atoms with Crippen LogP contribution in [0.25, 0.3) is 0 Å². The van der Waals surface area contributed by atoms with Crippen molar-refractivity contribution >= 4 is 47.6 Å². The third kappa shape index (κ3) is 3.73. The van der Waals surface area contributed by atoms with E-state index in [4.69, 9.17) is 4.42 Å². The van der Waals surface area contributed by atoms with Crippen LogP contribution in [0.3, 0.4) is 0 Å². The maximum absolute atomic E-state index is 12.6. The van der Waals surface area contributed by atoms with Crippen molar-refractivity contribution in [1.82, 2.24) is 25.0 Å². The maximum Gasteiger partial charge on any atom is 0.352 e. The van der Waals surface area contributed by atoms with Gasteiger partial charge in [0.05, 0.1) is 5.69 Å². The molecule has 0 aromatic carbocycles. The third-order valence-corrected chi connectivity index (χ3v) is 6.83. The van der Waals surface area contributed by atoms with Crippen molar-refractivity contribution in [3.8, 4) is 0 Å². The summed E-state index contributed by atoms with van der Waals surface area (Å²) in [6.45, 7) is -0.115. The first-order chi connectivity index (χ1) is 14.5. The van der Waals surface area contributed by atoms with Crippen LogP contribution in [0.4, 0.5) is 0 Å². The Balaban J connectivity index is 1.43. The number of nitrogens with one attached hydrogen (secondary N) is 1. The van der Waals surface area contributed by atoms with E-state index >= 15 is 0 Å². The number of aldehydes is 1. The molecule has 0 saturated carbocycles. The fourth-order valence-corrected chi connectivity index (χ4v) is 5.45. The lowest BCUT2D eigenvalue weighted by atomic mass is 10.0. The summed E-state index contributed by atoms with van der Waals surface area (Å²) in [5, 5.41) is 19.4. The fraction of sp³-hybridized carbons (Fsp3) is 0.294. The minimum Gasteiger partial charge on any atom is -0.477 e. The van der Waals surface area contributed by atoms with E-state index in [1.165, 1.54) is 39.4 Å². The smallest absolute Gasteiger partial charge is 0.352 e. The monoisotopic (exact) mass is 449 g/mol. The Kier molecular flexibility index (Phi) is 5.63. The van der Waals surface area contributed by atoms with Crippen molar-refractivity contribution in [2.45, 2.75) is 23.2 Å². The van der Waals surface area contributed by atoms with E-state index in [9.17, 15) is 24.3 Å². The number of hydrogen-bond acceptors (Lipinski definition) is 9. The van der Waals surface area contributed by atoms with Gasteiger partial charge in [-0.2, -0.15) is 0 Å². The second-order valence-corrected chi connectivity index (χ2v) is 8.42. The summed E-state index contributed by atoms with van der Waals surface area (Å²) in [6.07, 6.45) is 3.41. The molecule has 2 amide bonds. The molecule has 4 heterocycles. The van der Waals surface area contributed by atoms with Gasteiger partial charge in [-0.1, -0.05) is 11.8 Å². The fourth-order valence-electron chi connectivity index (χ4n) is 3.22. The average molecular weight is 449 g/mol. The Morgan fingerprint density at radius 1 is 1.47 bits per heavy atom. The van der Waals surface area contributed by atoms with Gasteiger partial charge in [-0.3, -0.25) is 19.3 Å². The first-order valence-corrected chi connectivity index (χ1v) is 10.7. The number of β-lactam (4-membered cyclic amide) rings is 1. The van der Waals surface area contributed by atoms with Crippen LogP contribution in [0.2, 0.25) is 0 Å². The van der Waals surface area contributed by atoms with Gasteiger partial charge in [0.15, 0.2) is 6.29 Å². The van der Waals surface area contributed by atoms with E-state index in [1.807, 2.05) is 0 Å². The van der Waals surface area contributed by atoms with E-state index in [-0.39, 0.29) is 18.0 Å². The molecule has 2 N–H and O–H groups in total. The first kappa shape index (κ1) is 20.2. The van der Waals surface area contributed by atoms with Crippen LogP contribution in [0.5, 0.6) is 0 Å². The summed E-state index contributed by atoms with van der Waals surface area (Å²) in [4.78, 5) is 49.0. The number of carbonyl (C=O) groups excluding carboxylic acids is 3. The summed E-state index contributed by atoms with van der Waals surface area (Å²) in [7, 11) is 0. The van der Waals surface area contributed by atoms with Crippen molar-refractivity contribution in [2.75, 3.05) is 11.5 Å². The van der Waals surface area contributed by atoms with Crippen LogP contribution in [0.15, 0.2) is 45.6 Å². The maximum atomic E-state index is 12.6. The molecule has 0 aliphatic carbocycles. The predicted octanol–water partition coefficient (Wildman–Crippen LogP) is 0.215. The number of carbonyl (C=O) groups is 4. The van der Waals surface area contributed by atoms with E-state index in [0.29, 0.717) is 28.5 Å². The Morgan fingerprint density at radius 2 is 2.30 bits per heavy atom. The number of aromatic nitrogens is 3. The summed E-state index contributed by atoms with van der Waals surface area (Å²) >= 11 is 2.56. The van der Waals surface area contributed by atoms with Crippen LogP contribution in [-0.2, 0) is 20.9 Å². The molecule has 1 saturated heterocycles. The van der Waals surface area contributed by atoms with Gasteiger partial charge in [0.25, 0.3) is 11.1 Å². The molecule has 4 rings (SSSR count). The van der Waals surface area contributed by atoms with Crippen LogP contribution < -0.4 is 5.32 Å². The number of nitrogens with zero attached hydrogens (tertiary/aromatic N) is 4. The molecule has 0 radical (unpaired) electrons. The van der Waals surface area contributed by atoms with Gasteiger partial charge in [-0.25, -0.2) is 4.79 Å². The Bertz CT molecular complexity index is 1030. The summed E-state index contributed by atoms with van der Waals surface area (Å²) in [5.74, 6) is -1.46. The van der Waals surface area contributed by atoms with E-state index in [2.05, 4.69) is 15.5 Å². The molecule has 0 spiro atoms. The standard InChI is InChI=1S/C17H15N5O6S2/c23-5-10-2-1-3-21(10)4-11(24)19-12-14(25)22-13(16(26)27)9(6-29-15(12)22)7-30-17-20-18-8-28-17/h1-3,5,8,12,15H,4,6-7H2,(H,19,24)(H,26,27). The predicted molar refractivity (Wildman–Crippen MR) is 105 cm³/mol. The lowest BCUT2D eigenvalue weighted by molar-refractivity contribution is -0.150. The number of carboxylic acid groups (broad SMARTS) is 1. The summed E-state index contributed by atoms with van der Waals surface area (Å²) < 4.78 is 6.50. The second-order valence-electron chi connectivity index (χ2n) is 6.38. The van der Waals surface area contributed by atoms with Crippen molar-refractivity contribution in [2.24, 2.45) is 0 Å². The molecular weight excluding hydrogens is 434 g/mol. The molecule has 2 aromatic heterocycles. The number of carboxylic acids is 1.